The zero-order valence-electron chi connectivity index (χ0n) is 17.1. The fraction of sp³-hybridized carbons (Fsp3) is 0.833. The number of unbranched alkanes of at least 4 members (excludes halogenated alkanes) is 1. The van der Waals surface area contributed by atoms with Crippen LogP contribution in [0.2, 0.25) is 0 Å². The third-order valence-corrected chi connectivity index (χ3v) is 4.53. The van der Waals surface area contributed by atoms with Crippen LogP contribution in [0.5, 0.6) is 0 Å². The first-order chi connectivity index (χ1) is 12.8. The van der Waals surface area contributed by atoms with E-state index in [9.17, 15) is 0 Å². The largest absolute Gasteiger partial charge is 0.381 e. The van der Waals surface area contributed by atoms with E-state index in [4.69, 9.17) is 4.74 Å². The predicted molar refractivity (Wildman–Crippen MR) is 126 cm³/mol. The number of guanidine groups is 1. The molecular weight excluding hydrogens is 475 g/mol. The van der Waals surface area contributed by atoms with Crippen molar-refractivity contribution in [2.24, 2.45) is 4.99 Å². The summed E-state index contributed by atoms with van der Waals surface area (Å²) in [6, 6.07) is 0. The van der Waals surface area contributed by atoms with Crippen LogP contribution in [0.25, 0.3) is 0 Å². The number of hydrogen-bond donors (Lipinski definition) is 2. The van der Waals surface area contributed by atoms with E-state index < -0.39 is 0 Å². The van der Waals surface area contributed by atoms with Gasteiger partial charge in [-0.25, -0.2) is 0 Å². The van der Waals surface area contributed by atoms with E-state index in [0.29, 0.717) is 0 Å². The summed E-state index contributed by atoms with van der Waals surface area (Å²) in [5.41, 5.74) is 0. The maximum Gasteiger partial charge on any atom is 0.191 e. The number of rotatable bonds is 15. The topological polar surface area (TPSA) is 76.4 Å². The third kappa shape index (κ3) is 13.3. The monoisotopic (exact) mass is 512 g/mol. The number of thioether (sulfide) groups is 1. The fourth-order valence-electron chi connectivity index (χ4n) is 2.34. The van der Waals surface area contributed by atoms with Gasteiger partial charge in [-0.1, -0.05) is 20.3 Å². The van der Waals surface area contributed by atoms with E-state index >= 15 is 0 Å². The average Bonchev–Trinajstić information content (AvgIpc) is 3.11. The molecule has 0 radical (unpaired) electrons. The van der Waals surface area contributed by atoms with Gasteiger partial charge in [0, 0.05) is 45.8 Å². The van der Waals surface area contributed by atoms with Gasteiger partial charge >= 0.3 is 0 Å². The highest BCUT2D eigenvalue weighted by molar-refractivity contribution is 14.0. The lowest BCUT2D eigenvalue weighted by molar-refractivity contribution is 0.129. The summed E-state index contributed by atoms with van der Waals surface area (Å²) < 4.78 is 7.69. The number of nitrogens with zero attached hydrogens (tertiary/aromatic N) is 4. The third-order valence-electron chi connectivity index (χ3n) is 3.83. The molecule has 0 saturated carbocycles. The quantitative estimate of drug-likeness (QED) is 0.163. The highest BCUT2D eigenvalue weighted by atomic mass is 127. The summed E-state index contributed by atoms with van der Waals surface area (Å²) in [4.78, 5) is 4.67. The second kappa shape index (κ2) is 18.8. The Labute approximate surface area is 185 Å². The van der Waals surface area contributed by atoms with Crippen LogP contribution in [0, 0.1) is 0 Å². The van der Waals surface area contributed by atoms with Gasteiger partial charge < -0.3 is 19.9 Å². The molecule has 0 atom stereocenters. The molecule has 158 valence electrons. The first kappa shape index (κ1) is 26.4. The van der Waals surface area contributed by atoms with Crippen LogP contribution in [-0.2, 0) is 17.7 Å². The number of aliphatic imine (C=N–C) groups is 1. The van der Waals surface area contributed by atoms with Crippen molar-refractivity contribution in [1.82, 2.24) is 25.4 Å². The molecule has 9 heteroatoms. The van der Waals surface area contributed by atoms with E-state index in [2.05, 4.69) is 50.5 Å². The van der Waals surface area contributed by atoms with Crippen molar-refractivity contribution in [3.63, 3.8) is 0 Å². The normalized spacial score (nSPS) is 11.3. The fourth-order valence-corrected chi connectivity index (χ4v) is 2.76. The van der Waals surface area contributed by atoms with Crippen LogP contribution >= 0.6 is 35.7 Å². The summed E-state index contributed by atoms with van der Waals surface area (Å²) in [6.45, 7) is 9.28. The minimum Gasteiger partial charge on any atom is -0.381 e. The van der Waals surface area contributed by atoms with Crippen molar-refractivity contribution >= 4 is 41.7 Å². The van der Waals surface area contributed by atoms with Crippen LogP contribution < -0.4 is 10.6 Å². The standard InChI is InChI=1S/C18H36N6OS.HI/c1-4-6-13-25-14-7-9-19-18(20-10-8-15-26-3)21-11-12-24-16-22-23-17(24)5-2;/h16H,4-15H2,1-3H3,(H2,19,20,21);1H. The minimum atomic E-state index is 0. The first-order valence-electron chi connectivity index (χ1n) is 9.77. The molecular formula is C18H37IN6OS. The van der Waals surface area contributed by atoms with Gasteiger partial charge in [-0.2, -0.15) is 11.8 Å². The lowest BCUT2D eigenvalue weighted by Gasteiger charge is -2.13. The van der Waals surface area contributed by atoms with Gasteiger partial charge in [0.2, 0.25) is 0 Å². The van der Waals surface area contributed by atoms with E-state index in [1.165, 1.54) is 6.42 Å². The van der Waals surface area contributed by atoms with Gasteiger partial charge in [0.25, 0.3) is 0 Å². The first-order valence-corrected chi connectivity index (χ1v) is 11.2. The lowest BCUT2D eigenvalue weighted by Crippen LogP contribution is -2.40. The Bertz CT molecular complexity index is 486. The van der Waals surface area contributed by atoms with Crippen molar-refractivity contribution < 1.29 is 4.74 Å². The van der Waals surface area contributed by atoms with Crippen molar-refractivity contribution in [2.45, 2.75) is 52.5 Å². The number of halogens is 1. The Balaban J connectivity index is 0.00000676. The smallest absolute Gasteiger partial charge is 0.191 e. The summed E-state index contributed by atoms with van der Waals surface area (Å²) in [6.07, 6.45) is 9.22. The number of aromatic nitrogens is 3. The van der Waals surface area contributed by atoms with Crippen molar-refractivity contribution in [2.75, 3.05) is 44.9 Å². The molecule has 0 amide bonds. The maximum absolute atomic E-state index is 5.60. The minimum absolute atomic E-state index is 0. The molecule has 1 heterocycles. The molecule has 1 rings (SSSR count). The van der Waals surface area contributed by atoms with Crippen molar-refractivity contribution in [3.05, 3.63) is 12.2 Å². The second-order valence-electron chi connectivity index (χ2n) is 6.04. The van der Waals surface area contributed by atoms with E-state index in [1.807, 2.05) is 11.8 Å². The van der Waals surface area contributed by atoms with E-state index in [0.717, 1.165) is 82.6 Å². The molecule has 0 aliphatic carbocycles. The number of hydrogen-bond acceptors (Lipinski definition) is 5. The highest BCUT2D eigenvalue weighted by Gasteiger charge is 2.02. The number of aryl methyl sites for hydroxylation is 1. The van der Waals surface area contributed by atoms with E-state index in [1.54, 1.807) is 6.33 Å². The van der Waals surface area contributed by atoms with Crippen LogP contribution in [0.4, 0.5) is 0 Å². The summed E-state index contributed by atoms with van der Waals surface area (Å²) in [5, 5.41) is 14.9. The summed E-state index contributed by atoms with van der Waals surface area (Å²) in [5.74, 6) is 3.04. The molecule has 0 aromatic carbocycles. The Kier molecular flexibility index (Phi) is 18.4. The zero-order valence-corrected chi connectivity index (χ0v) is 20.2. The van der Waals surface area contributed by atoms with Crippen LogP contribution in [0.15, 0.2) is 11.3 Å². The van der Waals surface area contributed by atoms with Gasteiger partial charge in [-0.15, -0.1) is 34.2 Å². The lowest BCUT2D eigenvalue weighted by atomic mass is 10.4. The summed E-state index contributed by atoms with van der Waals surface area (Å²) >= 11 is 1.86. The van der Waals surface area contributed by atoms with Crippen molar-refractivity contribution in [3.8, 4) is 0 Å². The molecule has 0 unspecified atom stereocenters. The van der Waals surface area contributed by atoms with Gasteiger partial charge in [-0.3, -0.25) is 4.99 Å². The van der Waals surface area contributed by atoms with Crippen LogP contribution in [0.1, 0.15) is 45.4 Å². The molecule has 1 aromatic heterocycles. The van der Waals surface area contributed by atoms with Crippen LogP contribution in [0.3, 0.4) is 0 Å². The van der Waals surface area contributed by atoms with Gasteiger partial charge in [0.05, 0.1) is 0 Å². The highest BCUT2D eigenvalue weighted by Crippen LogP contribution is 1.96. The molecule has 0 aliphatic rings. The Morgan fingerprint density at radius 2 is 1.96 bits per heavy atom. The molecule has 0 aliphatic heterocycles. The molecule has 27 heavy (non-hydrogen) atoms. The zero-order chi connectivity index (χ0) is 18.9. The average molecular weight is 513 g/mol. The molecule has 0 bridgehead atoms. The van der Waals surface area contributed by atoms with Crippen molar-refractivity contribution in [1.29, 1.82) is 0 Å². The SMILES string of the molecule is CCCCOCCCNC(=NCCCSC)NCCn1cnnc1CC.I. The molecule has 2 N–H and O–H groups in total. The van der Waals surface area contributed by atoms with Crippen LogP contribution in [-0.4, -0.2) is 65.6 Å². The molecule has 7 nitrogen and oxygen atoms in total. The van der Waals surface area contributed by atoms with Gasteiger partial charge in [0.15, 0.2) is 5.96 Å². The summed E-state index contributed by atoms with van der Waals surface area (Å²) in [7, 11) is 0. The maximum atomic E-state index is 5.60. The Morgan fingerprint density at radius 1 is 1.19 bits per heavy atom. The van der Waals surface area contributed by atoms with E-state index in [-0.39, 0.29) is 24.0 Å². The van der Waals surface area contributed by atoms with Gasteiger partial charge in [0.1, 0.15) is 12.2 Å². The predicted octanol–water partition coefficient (Wildman–Crippen LogP) is 2.95. The molecule has 1 aromatic rings. The second-order valence-corrected chi connectivity index (χ2v) is 7.03. The molecule has 0 saturated heterocycles. The molecule has 0 spiro atoms. The Hall–Kier alpha value is -0.550. The molecule has 0 fully saturated rings. The van der Waals surface area contributed by atoms with Gasteiger partial charge in [-0.05, 0) is 31.3 Å². The Morgan fingerprint density at radius 3 is 2.70 bits per heavy atom. The number of nitrogens with one attached hydrogen (secondary N) is 2. The number of ether oxygens (including phenoxy) is 1.